The summed E-state index contributed by atoms with van der Waals surface area (Å²) in [5, 5.41) is 0. The van der Waals surface area contributed by atoms with Gasteiger partial charge in [0.05, 0.1) is 6.61 Å². The molecule has 0 N–H and O–H groups in total. The van der Waals surface area contributed by atoms with Gasteiger partial charge in [-0.2, -0.15) is 0 Å². The lowest BCUT2D eigenvalue weighted by molar-refractivity contribution is -0.152. The first kappa shape index (κ1) is 21.9. The standard InChI is InChI=1S/C19H36O4/c1-6-9-11-16(7-2)14-22-18(20)12-10-13-19(21)23-17(8-3)15(4)5/h15-17H,6-14H2,1-5H3. The maximum atomic E-state index is 11.8. The molecule has 0 aromatic carbocycles. The van der Waals surface area contributed by atoms with Gasteiger partial charge in [0.2, 0.25) is 0 Å². The third kappa shape index (κ3) is 11.2. The molecule has 0 aromatic rings. The van der Waals surface area contributed by atoms with Gasteiger partial charge in [0.1, 0.15) is 6.10 Å². The van der Waals surface area contributed by atoms with Crippen LogP contribution in [0.2, 0.25) is 0 Å². The van der Waals surface area contributed by atoms with Crippen LogP contribution in [-0.2, 0) is 19.1 Å². The van der Waals surface area contributed by atoms with Crippen LogP contribution in [0.15, 0.2) is 0 Å². The monoisotopic (exact) mass is 328 g/mol. The van der Waals surface area contributed by atoms with E-state index in [0.717, 1.165) is 19.3 Å². The van der Waals surface area contributed by atoms with E-state index in [1.165, 1.54) is 12.8 Å². The molecule has 0 bridgehead atoms. The Morgan fingerprint density at radius 3 is 2.09 bits per heavy atom. The fourth-order valence-corrected chi connectivity index (χ4v) is 2.48. The molecule has 0 amide bonds. The van der Waals surface area contributed by atoms with E-state index in [0.29, 0.717) is 24.9 Å². The Balaban J connectivity index is 3.86. The SMILES string of the molecule is CCCCC(CC)COC(=O)CCCC(=O)OC(CC)C(C)C. The highest BCUT2D eigenvalue weighted by Crippen LogP contribution is 2.14. The molecule has 0 heterocycles. The summed E-state index contributed by atoms with van der Waals surface area (Å²) in [5.74, 6) is 0.361. The van der Waals surface area contributed by atoms with Crippen molar-refractivity contribution in [3.05, 3.63) is 0 Å². The minimum Gasteiger partial charge on any atom is -0.465 e. The molecule has 4 heteroatoms. The molecular formula is C19H36O4. The fraction of sp³-hybridized carbons (Fsp3) is 0.895. The highest BCUT2D eigenvalue weighted by atomic mass is 16.5. The second-order valence-electron chi connectivity index (χ2n) is 6.63. The lowest BCUT2D eigenvalue weighted by Crippen LogP contribution is -2.22. The van der Waals surface area contributed by atoms with E-state index in [1.807, 2.05) is 20.8 Å². The summed E-state index contributed by atoms with van der Waals surface area (Å²) < 4.78 is 10.7. The molecule has 0 radical (unpaired) electrons. The Hall–Kier alpha value is -1.06. The van der Waals surface area contributed by atoms with Crippen LogP contribution in [0.5, 0.6) is 0 Å². The maximum absolute atomic E-state index is 11.8. The van der Waals surface area contributed by atoms with Crippen LogP contribution >= 0.6 is 0 Å². The number of esters is 2. The number of hydrogen-bond acceptors (Lipinski definition) is 4. The van der Waals surface area contributed by atoms with Gasteiger partial charge < -0.3 is 9.47 Å². The van der Waals surface area contributed by atoms with Gasteiger partial charge in [0, 0.05) is 12.8 Å². The van der Waals surface area contributed by atoms with E-state index in [-0.39, 0.29) is 30.9 Å². The summed E-state index contributed by atoms with van der Waals surface area (Å²) in [4.78, 5) is 23.5. The number of carbonyl (C=O) groups excluding carboxylic acids is 2. The normalized spacial score (nSPS) is 13.7. The molecule has 0 aliphatic rings. The van der Waals surface area contributed by atoms with Gasteiger partial charge in [-0.05, 0) is 31.1 Å². The molecule has 0 aromatic heterocycles. The lowest BCUT2D eigenvalue weighted by Gasteiger charge is -2.19. The molecule has 0 saturated carbocycles. The third-order valence-electron chi connectivity index (χ3n) is 4.21. The van der Waals surface area contributed by atoms with Crippen molar-refractivity contribution in [2.75, 3.05) is 6.61 Å². The van der Waals surface area contributed by atoms with Gasteiger partial charge in [0.25, 0.3) is 0 Å². The molecular weight excluding hydrogens is 292 g/mol. The molecule has 0 fully saturated rings. The number of ether oxygens (including phenoxy) is 2. The highest BCUT2D eigenvalue weighted by Gasteiger charge is 2.16. The van der Waals surface area contributed by atoms with Crippen molar-refractivity contribution in [1.29, 1.82) is 0 Å². The average molecular weight is 328 g/mol. The van der Waals surface area contributed by atoms with Crippen molar-refractivity contribution in [2.24, 2.45) is 11.8 Å². The van der Waals surface area contributed by atoms with Crippen molar-refractivity contribution in [3.63, 3.8) is 0 Å². The Bertz CT molecular complexity index is 325. The summed E-state index contributed by atoms with van der Waals surface area (Å²) in [5.41, 5.74) is 0. The van der Waals surface area contributed by atoms with Gasteiger partial charge in [-0.3, -0.25) is 9.59 Å². The molecule has 23 heavy (non-hydrogen) atoms. The topological polar surface area (TPSA) is 52.6 Å². The molecule has 0 saturated heterocycles. The minimum absolute atomic E-state index is 0.0293. The van der Waals surface area contributed by atoms with Crippen molar-refractivity contribution < 1.29 is 19.1 Å². The molecule has 0 spiro atoms. The highest BCUT2D eigenvalue weighted by molar-refractivity contribution is 5.72. The first-order valence-electron chi connectivity index (χ1n) is 9.29. The van der Waals surface area contributed by atoms with E-state index in [9.17, 15) is 9.59 Å². The van der Waals surface area contributed by atoms with Crippen molar-refractivity contribution in [3.8, 4) is 0 Å². The maximum Gasteiger partial charge on any atom is 0.306 e. The minimum atomic E-state index is -0.215. The zero-order chi connectivity index (χ0) is 17.7. The lowest BCUT2D eigenvalue weighted by atomic mass is 10.0. The van der Waals surface area contributed by atoms with Gasteiger partial charge in [-0.15, -0.1) is 0 Å². The first-order valence-corrected chi connectivity index (χ1v) is 9.29. The van der Waals surface area contributed by atoms with Crippen LogP contribution in [-0.4, -0.2) is 24.6 Å². The van der Waals surface area contributed by atoms with Gasteiger partial charge in [-0.1, -0.05) is 53.9 Å². The van der Waals surface area contributed by atoms with Crippen LogP contribution < -0.4 is 0 Å². The van der Waals surface area contributed by atoms with Crippen molar-refractivity contribution in [2.45, 2.75) is 92.1 Å². The van der Waals surface area contributed by atoms with Crippen molar-refractivity contribution in [1.82, 2.24) is 0 Å². The molecule has 0 rings (SSSR count). The summed E-state index contributed by atoms with van der Waals surface area (Å²) in [7, 11) is 0. The summed E-state index contributed by atoms with van der Waals surface area (Å²) >= 11 is 0. The van der Waals surface area contributed by atoms with Crippen LogP contribution in [0, 0.1) is 11.8 Å². The number of hydrogen-bond donors (Lipinski definition) is 0. The fourth-order valence-electron chi connectivity index (χ4n) is 2.48. The second kappa shape index (κ2) is 13.4. The largest absolute Gasteiger partial charge is 0.465 e. The number of carbonyl (C=O) groups is 2. The van der Waals surface area contributed by atoms with Crippen LogP contribution in [0.1, 0.15) is 86.0 Å². The van der Waals surface area contributed by atoms with Crippen molar-refractivity contribution >= 4 is 11.9 Å². The summed E-state index contributed by atoms with van der Waals surface area (Å²) in [6.07, 6.45) is 6.35. The molecule has 2 unspecified atom stereocenters. The van der Waals surface area contributed by atoms with Gasteiger partial charge in [0.15, 0.2) is 0 Å². The number of unbranched alkanes of at least 4 members (excludes halogenated alkanes) is 1. The van der Waals surface area contributed by atoms with Gasteiger partial charge in [-0.25, -0.2) is 0 Å². The van der Waals surface area contributed by atoms with E-state index in [2.05, 4.69) is 13.8 Å². The second-order valence-corrected chi connectivity index (χ2v) is 6.63. The summed E-state index contributed by atoms with van der Waals surface area (Å²) in [6.45, 7) is 10.9. The first-order chi connectivity index (χ1) is 10.9. The van der Waals surface area contributed by atoms with Crippen LogP contribution in [0.4, 0.5) is 0 Å². The Morgan fingerprint density at radius 2 is 1.57 bits per heavy atom. The quantitative estimate of drug-likeness (QED) is 0.451. The smallest absolute Gasteiger partial charge is 0.306 e. The Kier molecular flexibility index (Phi) is 12.8. The molecule has 0 aliphatic carbocycles. The van der Waals surface area contributed by atoms with E-state index < -0.39 is 0 Å². The molecule has 4 nitrogen and oxygen atoms in total. The zero-order valence-corrected chi connectivity index (χ0v) is 15.7. The van der Waals surface area contributed by atoms with E-state index in [1.54, 1.807) is 0 Å². The van der Waals surface area contributed by atoms with Crippen LogP contribution in [0.25, 0.3) is 0 Å². The molecule has 2 atom stereocenters. The van der Waals surface area contributed by atoms with E-state index in [4.69, 9.17) is 9.47 Å². The van der Waals surface area contributed by atoms with Gasteiger partial charge >= 0.3 is 11.9 Å². The molecule has 0 aliphatic heterocycles. The zero-order valence-electron chi connectivity index (χ0n) is 15.7. The summed E-state index contributed by atoms with van der Waals surface area (Å²) in [6, 6.07) is 0. The predicted molar refractivity (Wildman–Crippen MR) is 93.1 cm³/mol. The third-order valence-corrected chi connectivity index (χ3v) is 4.21. The molecule has 136 valence electrons. The van der Waals surface area contributed by atoms with Crippen LogP contribution in [0.3, 0.4) is 0 Å². The Morgan fingerprint density at radius 1 is 0.913 bits per heavy atom. The number of rotatable bonds is 13. The average Bonchev–Trinajstić information content (AvgIpc) is 2.52. The Labute approximate surface area is 142 Å². The van der Waals surface area contributed by atoms with E-state index >= 15 is 0 Å². The predicted octanol–water partition coefficient (Wildman–Crippen LogP) is 4.89.